The summed E-state index contributed by atoms with van der Waals surface area (Å²) in [5, 5.41) is 11.8. The van der Waals surface area contributed by atoms with Crippen molar-refractivity contribution < 1.29 is 32.2 Å². The highest BCUT2D eigenvalue weighted by atomic mass is 19.3. The van der Waals surface area contributed by atoms with Crippen molar-refractivity contribution in [3.8, 4) is 5.75 Å². The van der Waals surface area contributed by atoms with Crippen LogP contribution in [0.3, 0.4) is 0 Å². The van der Waals surface area contributed by atoms with E-state index in [1.807, 2.05) is 0 Å². The molecular weight excluding hydrogens is 272 g/mol. The van der Waals surface area contributed by atoms with Crippen LogP contribution in [0.4, 0.5) is 22.4 Å². The van der Waals surface area contributed by atoms with Gasteiger partial charge in [-0.15, -0.1) is 0 Å². The Hall–Kier alpha value is -1.80. The van der Waals surface area contributed by atoms with Crippen molar-refractivity contribution in [3.63, 3.8) is 0 Å². The van der Waals surface area contributed by atoms with Gasteiger partial charge in [-0.2, -0.15) is 5.10 Å². The predicted molar refractivity (Wildman–Crippen MR) is 55.8 cm³/mol. The first-order valence-corrected chi connectivity index (χ1v) is 5.16. The number of hydrogen-bond donors (Lipinski definition) is 1. The molecule has 1 aromatic heterocycles. The summed E-state index contributed by atoms with van der Waals surface area (Å²) in [5.74, 6) is -1.10. The summed E-state index contributed by atoms with van der Waals surface area (Å²) >= 11 is 0. The van der Waals surface area contributed by atoms with Gasteiger partial charge in [0, 0.05) is 0 Å². The van der Waals surface area contributed by atoms with Gasteiger partial charge in [0.25, 0.3) is 12.9 Å². The molecular formula is C10H12F4N2O3. The Bertz CT molecular complexity index is 480. The molecule has 0 atom stereocenters. The molecule has 0 aromatic carbocycles. The van der Waals surface area contributed by atoms with Crippen LogP contribution in [0.1, 0.15) is 45.0 Å². The summed E-state index contributed by atoms with van der Waals surface area (Å²) in [6, 6.07) is 0. The Morgan fingerprint density at radius 1 is 1.26 bits per heavy atom. The number of aromatic nitrogens is 2. The van der Waals surface area contributed by atoms with Crippen LogP contribution in [-0.4, -0.2) is 21.0 Å². The Kier molecular flexibility index (Phi) is 4.06. The third-order valence-corrected chi connectivity index (χ3v) is 2.14. The Labute approximate surface area is 105 Å². The number of hydrogen-bond acceptors (Lipinski definition) is 3. The maximum absolute atomic E-state index is 13.0. The number of alkyl halides is 4. The topological polar surface area (TPSA) is 64.4 Å². The molecule has 0 unspecified atom stereocenters. The highest BCUT2D eigenvalue weighted by molar-refractivity contribution is 5.62. The fourth-order valence-electron chi connectivity index (χ4n) is 1.47. The molecule has 0 saturated heterocycles. The van der Waals surface area contributed by atoms with E-state index in [4.69, 9.17) is 5.11 Å². The Balaban J connectivity index is 3.55. The lowest BCUT2D eigenvalue weighted by molar-refractivity contribution is 0.117. The van der Waals surface area contributed by atoms with Crippen molar-refractivity contribution in [2.24, 2.45) is 0 Å². The third kappa shape index (κ3) is 3.15. The SMILES string of the molecule is CC(C)(C)n1nc(C(F)F)c(OC(=O)O)c1C(F)F. The first-order chi connectivity index (χ1) is 8.55. The minimum atomic E-state index is -3.23. The van der Waals surface area contributed by atoms with Crippen molar-refractivity contribution in [2.75, 3.05) is 0 Å². The second-order valence-corrected chi connectivity index (χ2v) is 4.65. The van der Waals surface area contributed by atoms with Gasteiger partial charge in [-0.1, -0.05) is 0 Å². The normalized spacial score (nSPS) is 12.3. The fraction of sp³-hybridized carbons (Fsp3) is 0.600. The van der Waals surface area contributed by atoms with Crippen molar-refractivity contribution in [1.82, 2.24) is 9.78 Å². The van der Waals surface area contributed by atoms with Crippen molar-refractivity contribution in [2.45, 2.75) is 39.2 Å². The summed E-state index contributed by atoms with van der Waals surface area (Å²) in [6.07, 6.45) is -8.39. The van der Waals surface area contributed by atoms with Gasteiger partial charge in [-0.05, 0) is 20.8 Å². The van der Waals surface area contributed by atoms with Crippen molar-refractivity contribution in [3.05, 3.63) is 11.4 Å². The van der Waals surface area contributed by atoms with E-state index >= 15 is 0 Å². The molecule has 1 heterocycles. The first-order valence-electron chi connectivity index (χ1n) is 5.16. The molecule has 0 bridgehead atoms. The van der Waals surface area contributed by atoms with Gasteiger partial charge in [-0.3, -0.25) is 4.68 Å². The summed E-state index contributed by atoms with van der Waals surface area (Å²) in [6.45, 7) is 4.39. The second-order valence-electron chi connectivity index (χ2n) is 4.65. The molecule has 1 N–H and O–H groups in total. The molecule has 0 amide bonds. The van der Waals surface area contributed by atoms with E-state index in [1.165, 1.54) is 20.8 Å². The van der Waals surface area contributed by atoms with Crippen LogP contribution in [-0.2, 0) is 5.54 Å². The summed E-state index contributed by atoms with van der Waals surface area (Å²) < 4.78 is 56.1. The molecule has 108 valence electrons. The maximum Gasteiger partial charge on any atom is 0.511 e. The molecule has 19 heavy (non-hydrogen) atoms. The van der Waals surface area contributed by atoms with Gasteiger partial charge in [0.15, 0.2) is 11.4 Å². The molecule has 0 radical (unpaired) electrons. The number of carboxylic acid groups (broad SMARTS) is 1. The predicted octanol–water partition coefficient (Wildman–Crippen LogP) is 3.57. The first kappa shape index (κ1) is 15.3. The highest BCUT2D eigenvalue weighted by Gasteiger charge is 2.35. The van der Waals surface area contributed by atoms with E-state index in [0.717, 1.165) is 0 Å². The summed E-state index contributed by atoms with van der Waals surface area (Å²) in [5.41, 5.74) is -3.13. The molecule has 0 aliphatic rings. The number of rotatable bonds is 3. The molecule has 1 rings (SSSR count). The van der Waals surface area contributed by atoms with Crippen LogP contribution in [0.15, 0.2) is 0 Å². The van der Waals surface area contributed by atoms with Crippen LogP contribution in [0.25, 0.3) is 0 Å². The zero-order valence-electron chi connectivity index (χ0n) is 10.3. The average molecular weight is 284 g/mol. The van der Waals surface area contributed by atoms with Gasteiger partial charge in [0.05, 0.1) is 5.54 Å². The molecule has 5 nitrogen and oxygen atoms in total. The summed E-state index contributed by atoms with van der Waals surface area (Å²) in [4.78, 5) is 10.4. The van der Waals surface area contributed by atoms with Gasteiger partial charge >= 0.3 is 6.16 Å². The number of ether oxygens (including phenoxy) is 1. The summed E-state index contributed by atoms with van der Waals surface area (Å²) in [7, 11) is 0. The van der Waals surface area contributed by atoms with Crippen molar-refractivity contribution >= 4 is 6.16 Å². The minimum absolute atomic E-state index is 0.650. The standard InChI is InChI=1S/C10H12F4N2O3/c1-10(2,3)16-5(8(13)14)6(19-9(17)18)4(15-16)7(11)12/h7-8H,1-3H3,(H,17,18). The molecule has 0 saturated carbocycles. The Morgan fingerprint density at radius 3 is 2.11 bits per heavy atom. The Morgan fingerprint density at radius 2 is 1.79 bits per heavy atom. The van der Waals surface area contributed by atoms with E-state index in [1.54, 1.807) is 0 Å². The van der Waals surface area contributed by atoms with E-state index in [-0.39, 0.29) is 0 Å². The lowest BCUT2D eigenvalue weighted by Gasteiger charge is -2.22. The number of nitrogens with zero attached hydrogens (tertiary/aromatic N) is 2. The molecule has 0 spiro atoms. The van der Waals surface area contributed by atoms with Crippen LogP contribution >= 0.6 is 0 Å². The maximum atomic E-state index is 13.0. The van der Waals surface area contributed by atoms with E-state index in [9.17, 15) is 22.4 Å². The smallest absolute Gasteiger partial charge is 0.449 e. The highest BCUT2D eigenvalue weighted by Crippen LogP contribution is 2.39. The van der Waals surface area contributed by atoms with Crippen LogP contribution in [0.2, 0.25) is 0 Å². The monoisotopic (exact) mass is 284 g/mol. The lowest BCUT2D eigenvalue weighted by Crippen LogP contribution is -2.26. The van der Waals surface area contributed by atoms with E-state index < -0.39 is 41.7 Å². The fourth-order valence-corrected chi connectivity index (χ4v) is 1.47. The van der Waals surface area contributed by atoms with E-state index in [2.05, 4.69) is 9.84 Å². The number of halogens is 4. The van der Waals surface area contributed by atoms with Crippen LogP contribution < -0.4 is 4.74 Å². The molecule has 0 fully saturated rings. The van der Waals surface area contributed by atoms with Gasteiger partial charge in [0.2, 0.25) is 0 Å². The second kappa shape index (κ2) is 5.06. The zero-order valence-corrected chi connectivity index (χ0v) is 10.3. The molecule has 0 aliphatic heterocycles. The lowest BCUT2D eigenvalue weighted by atomic mass is 10.1. The largest absolute Gasteiger partial charge is 0.511 e. The molecule has 1 aromatic rings. The van der Waals surface area contributed by atoms with Gasteiger partial charge in [-0.25, -0.2) is 22.4 Å². The number of carbonyl (C=O) groups is 1. The van der Waals surface area contributed by atoms with Gasteiger partial charge < -0.3 is 9.84 Å². The van der Waals surface area contributed by atoms with E-state index in [0.29, 0.717) is 4.68 Å². The van der Waals surface area contributed by atoms with Crippen LogP contribution in [0.5, 0.6) is 5.75 Å². The minimum Gasteiger partial charge on any atom is -0.449 e. The average Bonchev–Trinajstić information content (AvgIpc) is 2.55. The third-order valence-electron chi connectivity index (χ3n) is 2.14. The van der Waals surface area contributed by atoms with Gasteiger partial charge in [0.1, 0.15) is 5.69 Å². The zero-order chi connectivity index (χ0) is 15.0. The van der Waals surface area contributed by atoms with Crippen LogP contribution in [0, 0.1) is 0 Å². The quantitative estimate of drug-likeness (QED) is 0.680. The van der Waals surface area contributed by atoms with Crippen molar-refractivity contribution in [1.29, 1.82) is 0 Å². The molecule has 9 heteroatoms. The molecule has 0 aliphatic carbocycles.